The summed E-state index contributed by atoms with van der Waals surface area (Å²) in [6.07, 6.45) is 2.62. The van der Waals surface area contributed by atoms with Crippen molar-refractivity contribution in [3.8, 4) is 0 Å². The summed E-state index contributed by atoms with van der Waals surface area (Å²) >= 11 is 0. The molecule has 3 heteroatoms. The van der Waals surface area contributed by atoms with E-state index in [1.165, 1.54) is 12.1 Å². The van der Waals surface area contributed by atoms with E-state index in [1.54, 1.807) is 0 Å². The second-order valence-electron chi connectivity index (χ2n) is 4.41. The van der Waals surface area contributed by atoms with Crippen LogP contribution in [0.5, 0.6) is 0 Å². The van der Waals surface area contributed by atoms with Crippen molar-refractivity contribution in [3.05, 3.63) is 35.4 Å². The van der Waals surface area contributed by atoms with E-state index in [-0.39, 0.29) is 17.7 Å². The van der Waals surface area contributed by atoms with Crippen LogP contribution < -0.4 is 5.32 Å². The number of likely N-dealkylation sites (N-methyl/N-ethyl adjacent to an activating group) is 1. The highest BCUT2D eigenvalue weighted by atomic mass is 19.1. The third kappa shape index (κ3) is 3.77. The zero-order valence-electron chi connectivity index (χ0n) is 10.8. The van der Waals surface area contributed by atoms with Gasteiger partial charge in [-0.15, -0.1) is 0 Å². The molecule has 0 aliphatic rings. The summed E-state index contributed by atoms with van der Waals surface area (Å²) in [5.41, 5.74) is 0.455. The van der Waals surface area contributed by atoms with Gasteiger partial charge in [-0.25, -0.2) is 8.78 Å². The van der Waals surface area contributed by atoms with Gasteiger partial charge in [0.2, 0.25) is 0 Å². The largest absolute Gasteiger partial charge is 0.316 e. The van der Waals surface area contributed by atoms with Crippen molar-refractivity contribution < 1.29 is 8.78 Å². The Morgan fingerprint density at radius 2 is 1.82 bits per heavy atom. The Morgan fingerprint density at radius 1 is 1.18 bits per heavy atom. The van der Waals surface area contributed by atoms with Crippen molar-refractivity contribution in [2.45, 2.75) is 39.2 Å². The van der Waals surface area contributed by atoms with Crippen LogP contribution in [0.2, 0.25) is 0 Å². The smallest absolute Gasteiger partial charge is 0.126 e. The number of rotatable bonds is 6. The molecular weight excluding hydrogens is 220 g/mol. The first kappa shape index (κ1) is 14.1. The van der Waals surface area contributed by atoms with Gasteiger partial charge in [0.25, 0.3) is 0 Å². The first-order chi connectivity index (χ1) is 8.12. The Bertz CT molecular complexity index is 348. The average Bonchev–Trinajstić information content (AvgIpc) is 2.33. The first-order valence-corrected chi connectivity index (χ1v) is 6.23. The Balaban J connectivity index is 2.83. The SMILES string of the molecule is CCC(CC)C(Cc1cc(F)ccc1F)NC. The summed E-state index contributed by atoms with van der Waals surface area (Å²) in [4.78, 5) is 0. The lowest BCUT2D eigenvalue weighted by Gasteiger charge is -2.25. The quantitative estimate of drug-likeness (QED) is 0.803. The predicted octanol–water partition coefficient (Wildman–Crippen LogP) is 3.53. The molecule has 17 heavy (non-hydrogen) atoms. The van der Waals surface area contributed by atoms with E-state index in [1.807, 2.05) is 7.05 Å². The van der Waals surface area contributed by atoms with Gasteiger partial charge in [0, 0.05) is 6.04 Å². The molecule has 0 heterocycles. The molecule has 1 rings (SSSR count). The number of nitrogens with one attached hydrogen (secondary N) is 1. The van der Waals surface area contributed by atoms with Gasteiger partial charge in [-0.3, -0.25) is 0 Å². The minimum absolute atomic E-state index is 0.196. The number of hydrogen-bond donors (Lipinski definition) is 1. The Labute approximate surface area is 102 Å². The van der Waals surface area contributed by atoms with Crippen molar-refractivity contribution in [2.24, 2.45) is 5.92 Å². The topological polar surface area (TPSA) is 12.0 Å². The van der Waals surface area contributed by atoms with E-state index in [2.05, 4.69) is 19.2 Å². The Morgan fingerprint density at radius 3 is 2.35 bits per heavy atom. The van der Waals surface area contributed by atoms with E-state index in [4.69, 9.17) is 0 Å². The summed E-state index contributed by atoms with van der Waals surface area (Å²) in [5.74, 6) is -0.207. The second kappa shape index (κ2) is 6.70. The molecule has 96 valence electrons. The molecule has 0 fully saturated rings. The van der Waals surface area contributed by atoms with Crippen LogP contribution >= 0.6 is 0 Å². The third-order valence-electron chi connectivity index (χ3n) is 3.44. The summed E-state index contributed by atoms with van der Waals surface area (Å²) in [6, 6.07) is 3.85. The summed E-state index contributed by atoms with van der Waals surface area (Å²) in [5, 5.41) is 3.21. The minimum Gasteiger partial charge on any atom is -0.316 e. The first-order valence-electron chi connectivity index (χ1n) is 6.23. The van der Waals surface area contributed by atoms with Gasteiger partial charge in [-0.2, -0.15) is 0 Å². The maximum atomic E-state index is 13.5. The normalized spacial score (nSPS) is 13.1. The molecule has 1 unspecified atom stereocenters. The van der Waals surface area contributed by atoms with Crippen molar-refractivity contribution >= 4 is 0 Å². The number of halogens is 2. The zero-order chi connectivity index (χ0) is 12.8. The molecule has 0 aliphatic carbocycles. The summed E-state index contributed by atoms with van der Waals surface area (Å²) < 4.78 is 26.6. The second-order valence-corrected chi connectivity index (χ2v) is 4.41. The lowest BCUT2D eigenvalue weighted by Crippen LogP contribution is -2.35. The minimum atomic E-state index is -0.374. The summed E-state index contributed by atoms with van der Waals surface area (Å²) in [6.45, 7) is 4.25. The lowest BCUT2D eigenvalue weighted by atomic mass is 9.89. The van der Waals surface area contributed by atoms with Gasteiger partial charge in [0.1, 0.15) is 11.6 Å². The van der Waals surface area contributed by atoms with Crippen molar-refractivity contribution in [3.63, 3.8) is 0 Å². The van der Waals surface area contributed by atoms with Crippen LogP contribution in [-0.4, -0.2) is 13.1 Å². The molecule has 1 aromatic rings. The van der Waals surface area contributed by atoms with Crippen molar-refractivity contribution in [1.82, 2.24) is 5.32 Å². The molecule has 1 aromatic carbocycles. The predicted molar refractivity (Wildman–Crippen MR) is 67.0 cm³/mol. The third-order valence-corrected chi connectivity index (χ3v) is 3.44. The Kier molecular flexibility index (Phi) is 5.56. The fourth-order valence-electron chi connectivity index (χ4n) is 2.30. The summed E-state index contributed by atoms with van der Waals surface area (Å²) in [7, 11) is 1.88. The van der Waals surface area contributed by atoms with Gasteiger partial charge in [0.05, 0.1) is 0 Å². The van der Waals surface area contributed by atoms with Gasteiger partial charge >= 0.3 is 0 Å². The number of benzene rings is 1. The molecule has 1 nitrogen and oxygen atoms in total. The van der Waals surface area contributed by atoms with Gasteiger partial charge < -0.3 is 5.32 Å². The van der Waals surface area contributed by atoms with Crippen LogP contribution in [0.4, 0.5) is 8.78 Å². The molecule has 1 N–H and O–H groups in total. The average molecular weight is 241 g/mol. The Hall–Kier alpha value is -0.960. The highest BCUT2D eigenvalue weighted by Crippen LogP contribution is 2.19. The van der Waals surface area contributed by atoms with Crippen LogP contribution in [0.25, 0.3) is 0 Å². The van der Waals surface area contributed by atoms with Gasteiger partial charge in [0.15, 0.2) is 0 Å². The lowest BCUT2D eigenvalue weighted by molar-refractivity contribution is 0.345. The van der Waals surface area contributed by atoms with Crippen LogP contribution in [0.15, 0.2) is 18.2 Å². The highest BCUT2D eigenvalue weighted by molar-refractivity contribution is 5.20. The van der Waals surface area contributed by atoms with Crippen molar-refractivity contribution in [2.75, 3.05) is 7.05 Å². The van der Waals surface area contributed by atoms with Gasteiger partial charge in [-0.05, 0) is 43.1 Å². The maximum Gasteiger partial charge on any atom is 0.126 e. The molecule has 0 spiro atoms. The molecular formula is C14H21F2N. The monoisotopic (exact) mass is 241 g/mol. The van der Waals surface area contributed by atoms with Gasteiger partial charge in [-0.1, -0.05) is 26.7 Å². The van der Waals surface area contributed by atoms with E-state index < -0.39 is 0 Å². The fraction of sp³-hybridized carbons (Fsp3) is 0.571. The number of hydrogen-bond acceptors (Lipinski definition) is 1. The van der Waals surface area contributed by atoms with E-state index in [0.29, 0.717) is 17.9 Å². The van der Waals surface area contributed by atoms with Crippen LogP contribution in [0.3, 0.4) is 0 Å². The molecule has 0 aromatic heterocycles. The zero-order valence-corrected chi connectivity index (χ0v) is 10.8. The van der Waals surface area contributed by atoms with E-state index in [0.717, 1.165) is 18.9 Å². The molecule has 0 aliphatic heterocycles. The molecule has 0 radical (unpaired) electrons. The molecule has 0 saturated carbocycles. The van der Waals surface area contributed by atoms with E-state index in [9.17, 15) is 8.78 Å². The van der Waals surface area contributed by atoms with Crippen LogP contribution in [-0.2, 0) is 6.42 Å². The molecule has 0 bridgehead atoms. The highest BCUT2D eigenvalue weighted by Gasteiger charge is 2.18. The van der Waals surface area contributed by atoms with Crippen LogP contribution in [0.1, 0.15) is 32.3 Å². The van der Waals surface area contributed by atoms with E-state index >= 15 is 0 Å². The molecule has 0 amide bonds. The fourth-order valence-corrected chi connectivity index (χ4v) is 2.30. The van der Waals surface area contributed by atoms with Crippen LogP contribution in [0, 0.1) is 17.6 Å². The standard InChI is InChI=1S/C14H21F2N/c1-4-10(5-2)14(17-3)9-11-8-12(15)6-7-13(11)16/h6-8,10,14,17H,4-5,9H2,1-3H3. The maximum absolute atomic E-state index is 13.5. The van der Waals surface area contributed by atoms with Crippen molar-refractivity contribution in [1.29, 1.82) is 0 Å². The molecule has 1 atom stereocenters. The molecule has 0 saturated heterocycles.